The quantitative estimate of drug-likeness (QED) is 0.382. The van der Waals surface area contributed by atoms with Gasteiger partial charge in [-0.05, 0) is 53.9 Å². The minimum Gasteiger partial charge on any atom is -0.442 e. The summed E-state index contributed by atoms with van der Waals surface area (Å²) in [6.45, 7) is 0.429. The largest absolute Gasteiger partial charge is 0.442 e. The monoisotopic (exact) mass is 534 g/mol. The average Bonchev–Trinajstić information content (AvgIpc) is 3.38. The van der Waals surface area contributed by atoms with Crippen LogP contribution in [0.3, 0.4) is 0 Å². The third-order valence-corrected chi connectivity index (χ3v) is 7.03. The molecule has 1 unspecified atom stereocenters. The van der Waals surface area contributed by atoms with Crippen molar-refractivity contribution in [1.29, 1.82) is 0 Å². The fourth-order valence-corrected chi connectivity index (χ4v) is 5.32. The van der Waals surface area contributed by atoms with Crippen molar-refractivity contribution < 1.29 is 22.7 Å². The first-order valence-electron chi connectivity index (χ1n) is 10.5. The Morgan fingerprint density at radius 1 is 1.23 bits per heavy atom. The highest BCUT2D eigenvalue weighted by Crippen LogP contribution is 2.28. The number of amidine groups is 1. The molecule has 1 saturated heterocycles. The summed E-state index contributed by atoms with van der Waals surface area (Å²) in [5.74, 6) is 0.0368. The summed E-state index contributed by atoms with van der Waals surface area (Å²) < 4.78 is 33.4. The van der Waals surface area contributed by atoms with Crippen molar-refractivity contribution >= 4 is 66.6 Å². The number of thiophene rings is 1. The summed E-state index contributed by atoms with van der Waals surface area (Å²) in [5.41, 5.74) is 1.18. The van der Waals surface area contributed by atoms with E-state index < -0.39 is 22.2 Å². The van der Waals surface area contributed by atoms with Crippen LogP contribution in [0.4, 0.5) is 10.5 Å². The lowest BCUT2D eigenvalue weighted by molar-refractivity contribution is 0.0920. The van der Waals surface area contributed by atoms with Gasteiger partial charge in [-0.25, -0.2) is 13.2 Å². The van der Waals surface area contributed by atoms with Crippen LogP contribution in [0.5, 0.6) is 0 Å². The van der Waals surface area contributed by atoms with Crippen molar-refractivity contribution in [2.75, 3.05) is 38.3 Å². The maximum Gasteiger partial charge on any atom is 0.414 e. The third-order valence-electron chi connectivity index (χ3n) is 5.18. The first kappa shape index (κ1) is 25.0. The molecule has 2 amide bonds. The smallest absolute Gasteiger partial charge is 0.414 e. The Labute approximate surface area is 212 Å². The lowest BCUT2D eigenvalue weighted by Crippen LogP contribution is -2.34. The molecule has 0 spiro atoms. The van der Waals surface area contributed by atoms with Crippen molar-refractivity contribution in [3.8, 4) is 0 Å². The number of carbonyl (C=O) groups excluding carboxylic acids is 2. The lowest BCUT2D eigenvalue weighted by Gasteiger charge is -2.17. The van der Waals surface area contributed by atoms with Gasteiger partial charge in [0.15, 0.2) is 0 Å². The van der Waals surface area contributed by atoms with E-state index in [2.05, 4.69) is 9.71 Å². The van der Waals surface area contributed by atoms with Gasteiger partial charge in [-0.15, -0.1) is 15.7 Å². The van der Waals surface area contributed by atoms with Crippen molar-refractivity contribution in [3.05, 3.63) is 64.0 Å². The molecule has 0 bridgehead atoms. The standard InChI is InChI=1S/C23H23ClN4O5S2/c1-27(2)21(26-35(3,31)32)14-4-7-17(8-5-14)28-13-18(33-23(28)30)12-25-22(29)20-11-15-10-16(24)6-9-19(15)34-20/h4-11,18H,12-13H2,1-3H3,(H,25,29)/b26-21+. The van der Waals surface area contributed by atoms with E-state index in [9.17, 15) is 18.0 Å². The zero-order valence-corrected chi connectivity index (χ0v) is 21.6. The number of carbonyl (C=O) groups is 2. The molecule has 0 radical (unpaired) electrons. The summed E-state index contributed by atoms with van der Waals surface area (Å²) in [7, 11) is -0.185. The number of nitrogens with one attached hydrogen (secondary N) is 1. The number of halogens is 1. The zero-order chi connectivity index (χ0) is 25.3. The molecule has 1 fully saturated rings. The minimum atomic E-state index is -3.58. The van der Waals surface area contributed by atoms with E-state index in [-0.39, 0.29) is 24.8 Å². The number of rotatable bonds is 6. The zero-order valence-electron chi connectivity index (χ0n) is 19.2. The minimum absolute atomic E-state index is 0.167. The van der Waals surface area contributed by atoms with Gasteiger partial charge in [0, 0.05) is 35.1 Å². The highest BCUT2D eigenvalue weighted by molar-refractivity contribution is 7.89. The number of ether oxygens (including phenoxy) is 1. The number of sulfonamides is 1. The van der Waals surface area contributed by atoms with Gasteiger partial charge in [-0.1, -0.05) is 11.6 Å². The highest BCUT2D eigenvalue weighted by atomic mass is 35.5. The number of benzene rings is 2. The van der Waals surface area contributed by atoms with Gasteiger partial charge in [0.1, 0.15) is 11.9 Å². The molecular formula is C23H23ClN4O5S2. The number of hydrogen-bond donors (Lipinski definition) is 1. The number of cyclic esters (lactones) is 1. The Morgan fingerprint density at radius 2 is 1.94 bits per heavy atom. The molecular weight excluding hydrogens is 512 g/mol. The second-order valence-corrected chi connectivity index (χ2v) is 11.4. The molecule has 35 heavy (non-hydrogen) atoms. The molecule has 12 heteroatoms. The predicted molar refractivity (Wildman–Crippen MR) is 138 cm³/mol. The first-order valence-corrected chi connectivity index (χ1v) is 13.6. The molecule has 1 aromatic heterocycles. The predicted octanol–water partition coefficient (Wildman–Crippen LogP) is 3.58. The van der Waals surface area contributed by atoms with Crippen LogP contribution < -0.4 is 10.2 Å². The van der Waals surface area contributed by atoms with E-state index >= 15 is 0 Å². The summed E-state index contributed by atoms with van der Waals surface area (Å²) >= 11 is 7.38. The van der Waals surface area contributed by atoms with E-state index in [4.69, 9.17) is 16.3 Å². The van der Waals surface area contributed by atoms with E-state index in [1.165, 1.54) is 16.2 Å². The molecule has 1 N–H and O–H groups in total. The van der Waals surface area contributed by atoms with Crippen LogP contribution in [-0.2, 0) is 14.8 Å². The molecule has 1 aliphatic heterocycles. The van der Waals surface area contributed by atoms with Crippen LogP contribution in [0.25, 0.3) is 10.1 Å². The van der Waals surface area contributed by atoms with E-state index in [1.54, 1.807) is 61.5 Å². The topological polar surface area (TPSA) is 108 Å². The Hall–Kier alpha value is -3.15. The molecule has 1 aliphatic rings. The van der Waals surface area contributed by atoms with Gasteiger partial charge < -0.3 is 15.0 Å². The molecule has 0 saturated carbocycles. The lowest BCUT2D eigenvalue weighted by atomic mass is 10.1. The van der Waals surface area contributed by atoms with Gasteiger partial charge in [0.05, 0.1) is 24.2 Å². The van der Waals surface area contributed by atoms with Crippen LogP contribution in [0.1, 0.15) is 15.2 Å². The Bertz CT molecular complexity index is 1420. The van der Waals surface area contributed by atoms with E-state index in [0.29, 0.717) is 21.2 Å². The highest BCUT2D eigenvalue weighted by Gasteiger charge is 2.32. The molecule has 2 heterocycles. The Morgan fingerprint density at radius 3 is 2.60 bits per heavy atom. The Kier molecular flexibility index (Phi) is 7.02. The van der Waals surface area contributed by atoms with E-state index in [1.807, 2.05) is 6.07 Å². The van der Waals surface area contributed by atoms with Gasteiger partial charge >= 0.3 is 6.09 Å². The first-order chi connectivity index (χ1) is 16.5. The normalized spacial score (nSPS) is 16.5. The van der Waals surface area contributed by atoms with Crippen LogP contribution in [0.15, 0.2) is 52.9 Å². The maximum atomic E-state index is 12.6. The second kappa shape index (κ2) is 9.84. The molecule has 184 valence electrons. The summed E-state index contributed by atoms with van der Waals surface area (Å²) in [4.78, 5) is 28.6. The summed E-state index contributed by atoms with van der Waals surface area (Å²) in [5, 5.41) is 4.33. The summed E-state index contributed by atoms with van der Waals surface area (Å²) in [6, 6.07) is 14.0. The van der Waals surface area contributed by atoms with Crippen LogP contribution in [0.2, 0.25) is 5.02 Å². The van der Waals surface area contributed by atoms with Gasteiger partial charge in [0.2, 0.25) is 0 Å². The van der Waals surface area contributed by atoms with Crippen LogP contribution in [0, 0.1) is 0 Å². The molecule has 3 aromatic rings. The molecule has 0 aliphatic carbocycles. The molecule has 9 nitrogen and oxygen atoms in total. The molecule has 4 rings (SSSR count). The number of fused-ring (bicyclic) bond motifs is 1. The Balaban J connectivity index is 1.40. The summed E-state index contributed by atoms with van der Waals surface area (Å²) in [6.07, 6.45) is -0.00864. The molecule has 2 aromatic carbocycles. The fourth-order valence-electron chi connectivity index (χ4n) is 3.60. The maximum absolute atomic E-state index is 12.6. The van der Waals surface area contributed by atoms with E-state index in [0.717, 1.165) is 16.3 Å². The van der Waals surface area contributed by atoms with Gasteiger partial charge in [0.25, 0.3) is 15.9 Å². The van der Waals surface area contributed by atoms with Gasteiger partial charge in [-0.3, -0.25) is 9.69 Å². The number of nitrogens with zero attached hydrogens (tertiary/aromatic N) is 3. The van der Waals surface area contributed by atoms with Crippen molar-refractivity contribution in [2.45, 2.75) is 6.10 Å². The average molecular weight is 535 g/mol. The van der Waals surface area contributed by atoms with Crippen molar-refractivity contribution in [3.63, 3.8) is 0 Å². The SMILES string of the molecule is CN(C)/C(=N/S(C)(=O)=O)c1ccc(N2CC(CNC(=O)c3cc4cc(Cl)ccc4s3)OC2=O)cc1. The number of amides is 2. The van der Waals surface area contributed by atoms with Gasteiger partial charge in [-0.2, -0.15) is 0 Å². The van der Waals surface area contributed by atoms with Crippen LogP contribution >= 0.6 is 22.9 Å². The number of hydrogen-bond acceptors (Lipinski definition) is 6. The second-order valence-electron chi connectivity index (χ2n) is 8.21. The number of anilines is 1. The van der Waals surface area contributed by atoms with Crippen LogP contribution in [-0.4, -0.2) is 70.7 Å². The van der Waals surface area contributed by atoms with Crippen molar-refractivity contribution in [2.24, 2.45) is 4.40 Å². The fraction of sp³-hybridized carbons (Fsp3) is 0.261. The molecule has 1 atom stereocenters. The van der Waals surface area contributed by atoms with Crippen molar-refractivity contribution in [1.82, 2.24) is 10.2 Å². The third kappa shape index (κ3) is 5.92.